The zero-order valence-corrected chi connectivity index (χ0v) is 14.2. The van der Waals surface area contributed by atoms with Crippen molar-refractivity contribution in [2.24, 2.45) is 4.99 Å². The molecule has 0 aromatic heterocycles. The third-order valence-corrected chi connectivity index (χ3v) is 4.80. The van der Waals surface area contributed by atoms with Gasteiger partial charge in [-0.1, -0.05) is 17.7 Å². The van der Waals surface area contributed by atoms with Crippen LogP contribution in [0.4, 0.5) is 9.18 Å². The van der Waals surface area contributed by atoms with E-state index >= 15 is 0 Å². The number of amides is 3. The molecule has 2 atom stereocenters. The van der Waals surface area contributed by atoms with Gasteiger partial charge < -0.3 is 9.64 Å². The third kappa shape index (κ3) is 2.28. The fraction of sp³-hybridized carbons (Fsp3) is 0.312. The van der Waals surface area contributed by atoms with Crippen molar-refractivity contribution in [2.75, 3.05) is 7.05 Å². The Labute approximate surface area is 147 Å². The normalized spacial score (nSPS) is 24.9. The van der Waals surface area contributed by atoms with Crippen molar-refractivity contribution in [3.05, 3.63) is 46.6 Å². The number of hydrogen-bond donors (Lipinski definition) is 0. The first kappa shape index (κ1) is 15.9. The smallest absolute Gasteiger partial charge is 0.328 e. The largest absolute Gasteiger partial charge is 0.429 e. The standard InChI is InChI=1S/C16H14ClFN4O3/c1-8-6-21-12-13(19-15(21)25-8)20(2)16(24)22(14(12)23)7-9-10(17)4-3-5-11(9)18/h3-6,12-13H,7H2,1-2H3. The summed E-state index contributed by atoms with van der Waals surface area (Å²) in [5.41, 5.74) is 0.0984. The van der Waals surface area contributed by atoms with Gasteiger partial charge in [0.15, 0.2) is 12.2 Å². The fourth-order valence-corrected chi connectivity index (χ4v) is 3.41. The van der Waals surface area contributed by atoms with Crippen molar-refractivity contribution >= 4 is 29.6 Å². The Bertz CT molecular complexity index is 836. The molecule has 0 N–H and O–H groups in total. The lowest BCUT2D eigenvalue weighted by Gasteiger charge is -2.39. The SMILES string of the molecule is CC1=CN2C(=NC3C2C(=O)N(Cc2c(F)cccc2Cl)C(=O)N3C)O1. The number of hydrogen-bond acceptors (Lipinski definition) is 5. The van der Waals surface area contributed by atoms with Crippen LogP contribution in [0.25, 0.3) is 0 Å². The van der Waals surface area contributed by atoms with Crippen molar-refractivity contribution in [1.29, 1.82) is 0 Å². The second kappa shape index (κ2) is 5.45. The van der Waals surface area contributed by atoms with Crippen molar-refractivity contribution in [2.45, 2.75) is 25.7 Å². The van der Waals surface area contributed by atoms with E-state index in [0.29, 0.717) is 5.76 Å². The van der Waals surface area contributed by atoms with E-state index in [4.69, 9.17) is 16.3 Å². The second-order valence-corrected chi connectivity index (χ2v) is 6.44. The van der Waals surface area contributed by atoms with Gasteiger partial charge in [0.05, 0.1) is 6.54 Å². The molecule has 1 saturated heterocycles. The Morgan fingerprint density at radius 1 is 1.36 bits per heavy atom. The fourth-order valence-electron chi connectivity index (χ4n) is 3.18. The molecule has 3 heterocycles. The molecule has 0 bridgehead atoms. The Balaban J connectivity index is 1.68. The summed E-state index contributed by atoms with van der Waals surface area (Å²) < 4.78 is 19.5. The summed E-state index contributed by atoms with van der Waals surface area (Å²) >= 11 is 6.03. The van der Waals surface area contributed by atoms with E-state index in [1.165, 1.54) is 23.1 Å². The molecule has 0 radical (unpaired) electrons. The lowest BCUT2D eigenvalue weighted by atomic mass is 10.1. The average molecular weight is 365 g/mol. The maximum Gasteiger partial charge on any atom is 0.328 e. The third-order valence-electron chi connectivity index (χ3n) is 4.45. The van der Waals surface area contributed by atoms with Crippen LogP contribution in [0, 0.1) is 5.82 Å². The Morgan fingerprint density at radius 2 is 2.12 bits per heavy atom. The van der Waals surface area contributed by atoms with Gasteiger partial charge >= 0.3 is 6.03 Å². The van der Waals surface area contributed by atoms with E-state index in [1.54, 1.807) is 25.1 Å². The topological polar surface area (TPSA) is 65.5 Å². The first-order chi connectivity index (χ1) is 11.9. The Morgan fingerprint density at radius 3 is 2.84 bits per heavy atom. The lowest BCUT2D eigenvalue weighted by Crippen LogP contribution is -2.63. The highest BCUT2D eigenvalue weighted by Crippen LogP contribution is 2.33. The maximum atomic E-state index is 14.1. The lowest BCUT2D eigenvalue weighted by molar-refractivity contribution is -0.137. The number of allylic oxidation sites excluding steroid dienone is 1. The van der Waals surface area contributed by atoms with E-state index in [-0.39, 0.29) is 23.2 Å². The van der Waals surface area contributed by atoms with Gasteiger partial charge in [0, 0.05) is 23.8 Å². The van der Waals surface area contributed by atoms with E-state index in [2.05, 4.69) is 4.99 Å². The van der Waals surface area contributed by atoms with Crippen LogP contribution in [0.5, 0.6) is 0 Å². The molecule has 2 unspecified atom stereocenters. The number of rotatable bonds is 2. The zero-order chi connectivity index (χ0) is 17.9. The number of amidine groups is 1. The monoisotopic (exact) mass is 364 g/mol. The predicted octanol–water partition coefficient (Wildman–Crippen LogP) is 2.13. The molecule has 3 amide bonds. The van der Waals surface area contributed by atoms with Gasteiger partial charge in [0.1, 0.15) is 11.6 Å². The van der Waals surface area contributed by atoms with Crippen LogP contribution in [-0.4, -0.2) is 51.9 Å². The van der Waals surface area contributed by atoms with Gasteiger partial charge in [0.25, 0.3) is 11.9 Å². The summed E-state index contributed by atoms with van der Waals surface area (Å²) in [7, 11) is 1.55. The van der Waals surface area contributed by atoms with Crippen LogP contribution < -0.4 is 0 Å². The molecule has 0 aliphatic carbocycles. The number of aliphatic imine (C=N–C) groups is 1. The Hall–Kier alpha value is -2.61. The molecule has 9 heteroatoms. The summed E-state index contributed by atoms with van der Waals surface area (Å²) in [6.45, 7) is 1.50. The molecule has 25 heavy (non-hydrogen) atoms. The number of nitrogens with zero attached hydrogens (tertiary/aromatic N) is 4. The molecule has 4 rings (SSSR count). The van der Waals surface area contributed by atoms with Crippen LogP contribution in [0.15, 0.2) is 35.2 Å². The first-order valence-electron chi connectivity index (χ1n) is 7.62. The number of benzene rings is 1. The van der Waals surface area contributed by atoms with Gasteiger partial charge in [-0.25, -0.2) is 14.2 Å². The Kier molecular flexibility index (Phi) is 3.47. The minimum absolute atomic E-state index is 0.0984. The van der Waals surface area contributed by atoms with Gasteiger partial charge in [-0.2, -0.15) is 0 Å². The summed E-state index contributed by atoms with van der Waals surface area (Å²) in [6, 6.07) is 3.21. The van der Waals surface area contributed by atoms with Gasteiger partial charge in [-0.05, 0) is 19.1 Å². The van der Waals surface area contributed by atoms with Crippen LogP contribution >= 0.6 is 11.6 Å². The molecular weight excluding hydrogens is 351 g/mol. The number of ether oxygens (including phenoxy) is 1. The number of carbonyl (C=O) groups excluding carboxylic acids is 2. The maximum absolute atomic E-state index is 14.1. The number of urea groups is 1. The van der Waals surface area contributed by atoms with Gasteiger partial charge in [-0.15, -0.1) is 0 Å². The van der Waals surface area contributed by atoms with E-state index in [0.717, 1.165) is 4.90 Å². The minimum Gasteiger partial charge on any atom is -0.429 e. The van der Waals surface area contributed by atoms with Crippen molar-refractivity contribution in [3.63, 3.8) is 0 Å². The highest BCUT2D eigenvalue weighted by Gasteiger charge is 2.53. The predicted molar refractivity (Wildman–Crippen MR) is 86.8 cm³/mol. The van der Waals surface area contributed by atoms with E-state index in [1.807, 2.05) is 0 Å². The molecule has 0 saturated carbocycles. The van der Waals surface area contributed by atoms with Crippen LogP contribution in [0.3, 0.4) is 0 Å². The summed E-state index contributed by atoms with van der Waals surface area (Å²) in [5.74, 6) is -0.435. The highest BCUT2D eigenvalue weighted by atomic mass is 35.5. The van der Waals surface area contributed by atoms with Gasteiger partial charge in [-0.3, -0.25) is 14.6 Å². The van der Waals surface area contributed by atoms with Crippen molar-refractivity contribution in [1.82, 2.24) is 14.7 Å². The number of likely N-dealkylation sites (N-methyl/N-ethyl adjacent to an activating group) is 1. The summed E-state index contributed by atoms with van der Waals surface area (Å²) in [4.78, 5) is 33.8. The zero-order valence-electron chi connectivity index (χ0n) is 13.4. The molecule has 130 valence electrons. The number of fused-ring (bicyclic) bond motifs is 3. The molecular formula is C16H14ClFN4O3. The first-order valence-corrected chi connectivity index (χ1v) is 7.99. The van der Waals surface area contributed by atoms with E-state index in [9.17, 15) is 14.0 Å². The van der Waals surface area contributed by atoms with Crippen LogP contribution in [0.2, 0.25) is 5.02 Å². The highest BCUT2D eigenvalue weighted by molar-refractivity contribution is 6.31. The van der Waals surface area contributed by atoms with Crippen LogP contribution in [-0.2, 0) is 16.1 Å². The molecule has 3 aliphatic rings. The number of carbonyl (C=O) groups is 2. The molecule has 1 aromatic carbocycles. The summed E-state index contributed by atoms with van der Waals surface area (Å²) in [6.07, 6.45) is 0.992. The quantitative estimate of drug-likeness (QED) is 0.806. The second-order valence-electron chi connectivity index (χ2n) is 6.04. The number of halogens is 2. The van der Waals surface area contributed by atoms with E-state index < -0.39 is 30.0 Å². The van der Waals surface area contributed by atoms with Crippen molar-refractivity contribution < 1.29 is 18.7 Å². The molecule has 0 spiro atoms. The van der Waals surface area contributed by atoms with Crippen molar-refractivity contribution in [3.8, 4) is 0 Å². The van der Waals surface area contributed by atoms with Crippen LogP contribution in [0.1, 0.15) is 12.5 Å². The molecule has 1 aromatic rings. The summed E-state index contributed by atoms with van der Waals surface area (Å²) in [5, 5.41) is 0.161. The number of imide groups is 1. The average Bonchev–Trinajstić information content (AvgIpc) is 3.07. The van der Waals surface area contributed by atoms with Gasteiger partial charge in [0.2, 0.25) is 0 Å². The molecule has 1 fully saturated rings. The molecule has 7 nitrogen and oxygen atoms in total. The minimum atomic E-state index is -0.735. The molecule has 3 aliphatic heterocycles.